The van der Waals surface area contributed by atoms with Gasteiger partial charge in [0.1, 0.15) is 5.82 Å². The molecule has 1 amide bonds. The van der Waals surface area contributed by atoms with E-state index in [-0.39, 0.29) is 11.7 Å². The third kappa shape index (κ3) is 2.39. The van der Waals surface area contributed by atoms with Crippen molar-refractivity contribution >= 4 is 5.91 Å². The smallest absolute Gasteiger partial charge is 0.254 e. The predicted octanol–water partition coefficient (Wildman–Crippen LogP) is 1.26. The van der Waals surface area contributed by atoms with Gasteiger partial charge in [-0.3, -0.25) is 4.79 Å². The number of nitrogens with zero attached hydrogens (tertiary/aromatic N) is 1. The molecule has 0 unspecified atom stereocenters. The fourth-order valence-corrected chi connectivity index (χ4v) is 1.92. The quantitative estimate of drug-likeness (QED) is 0.776. The standard InChI is InChI=1S/C12H15FN2O/c1-9-8-15(6-5-14-9)12(16)10-3-2-4-11(13)7-10/h2-4,7,9,14H,5-6,8H2,1H3/t9-/m0/s1. The van der Waals surface area contributed by atoms with Gasteiger partial charge in [-0.05, 0) is 25.1 Å². The summed E-state index contributed by atoms with van der Waals surface area (Å²) in [6.07, 6.45) is 0. The van der Waals surface area contributed by atoms with Gasteiger partial charge < -0.3 is 10.2 Å². The molecule has 1 heterocycles. The van der Waals surface area contributed by atoms with Crippen molar-refractivity contribution in [2.45, 2.75) is 13.0 Å². The zero-order valence-electron chi connectivity index (χ0n) is 9.24. The third-order valence-electron chi connectivity index (χ3n) is 2.73. The third-order valence-corrected chi connectivity index (χ3v) is 2.73. The number of hydrogen-bond donors (Lipinski definition) is 1. The second-order valence-corrected chi connectivity index (χ2v) is 4.12. The van der Waals surface area contributed by atoms with Gasteiger partial charge in [-0.1, -0.05) is 6.07 Å². The molecule has 1 atom stereocenters. The first kappa shape index (κ1) is 11.1. The van der Waals surface area contributed by atoms with Crippen LogP contribution in [0.3, 0.4) is 0 Å². The molecule has 0 aromatic heterocycles. The van der Waals surface area contributed by atoms with Crippen LogP contribution in [-0.4, -0.2) is 36.5 Å². The zero-order valence-corrected chi connectivity index (χ0v) is 9.24. The summed E-state index contributed by atoms with van der Waals surface area (Å²) in [7, 11) is 0. The van der Waals surface area contributed by atoms with E-state index >= 15 is 0 Å². The molecular weight excluding hydrogens is 207 g/mol. The van der Waals surface area contributed by atoms with Gasteiger partial charge in [0.05, 0.1) is 0 Å². The summed E-state index contributed by atoms with van der Waals surface area (Å²) in [6, 6.07) is 6.14. The molecule has 0 spiro atoms. The first-order valence-corrected chi connectivity index (χ1v) is 5.45. The van der Waals surface area contributed by atoms with Crippen molar-refractivity contribution in [2.24, 2.45) is 0 Å². The van der Waals surface area contributed by atoms with Crippen LogP contribution in [0.2, 0.25) is 0 Å². The highest BCUT2D eigenvalue weighted by molar-refractivity contribution is 5.94. The van der Waals surface area contributed by atoms with Crippen LogP contribution in [0, 0.1) is 5.82 Å². The lowest BCUT2D eigenvalue weighted by molar-refractivity contribution is 0.0708. The molecule has 1 aromatic carbocycles. The highest BCUT2D eigenvalue weighted by Crippen LogP contribution is 2.09. The fourth-order valence-electron chi connectivity index (χ4n) is 1.92. The number of rotatable bonds is 1. The van der Waals surface area contributed by atoms with Gasteiger partial charge >= 0.3 is 0 Å². The normalized spacial score (nSPS) is 20.9. The fraction of sp³-hybridized carbons (Fsp3) is 0.417. The molecule has 16 heavy (non-hydrogen) atoms. The van der Waals surface area contributed by atoms with Gasteiger partial charge in [-0.25, -0.2) is 4.39 Å². The van der Waals surface area contributed by atoms with Gasteiger partial charge in [0.25, 0.3) is 5.91 Å². The Balaban J connectivity index is 2.12. The maximum atomic E-state index is 13.0. The number of hydrogen-bond acceptors (Lipinski definition) is 2. The average Bonchev–Trinajstić information content (AvgIpc) is 2.28. The van der Waals surface area contributed by atoms with Gasteiger partial charge in [0, 0.05) is 31.2 Å². The van der Waals surface area contributed by atoms with Crippen LogP contribution in [0.1, 0.15) is 17.3 Å². The summed E-state index contributed by atoms with van der Waals surface area (Å²) >= 11 is 0. The minimum Gasteiger partial charge on any atom is -0.336 e. The van der Waals surface area contributed by atoms with E-state index in [0.29, 0.717) is 24.7 Å². The zero-order chi connectivity index (χ0) is 11.5. The van der Waals surface area contributed by atoms with Gasteiger partial charge in [0.2, 0.25) is 0 Å². The number of halogens is 1. The summed E-state index contributed by atoms with van der Waals surface area (Å²) in [4.78, 5) is 13.8. The van der Waals surface area contributed by atoms with Crippen molar-refractivity contribution in [2.75, 3.05) is 19.6 Å². The lowest BCUT2D eigenvalue weighted by Gasteiger charge is -2.31. The molecular formula is C12H15FN2O. The highest BCUT2D eigenvalue weighted by atomic mass is 19.1. The van der Waals surface area contributed by atoms with E-state index in [1.54, 1.807) is 17.0 Å². The molecule has 86 valence electrons. The van der Waals surface area contributed by atoms with Crippen molar-refractivity contribution in [3.05, 3.63) is 35.6 Å². The van der Waals surface area contributed by atoms with Crippen LogP contribution in [0.5, 0.6) is 0 Å². The molecule has 1 saturated heterocycles. The first-order chi connectivity index (χ1) is 7.66. The Bertz CT molecular complexity index is 394. The van der Waals surface area contributed by atoms with E-state index in [1.165, 1.54) is 12.1 Å². The summed E-state index contributed by atoms with van der Waals surface area (Å²) in [6.45, 7) is 4.18. The van der Waals surface area contributed by atoms with E-state index in [1.807, 2.05) is 6.92 Å². The van der Waals surface area contributed by atoms with Crippen LogP contribution < -0.4 is 5.32 Å². The van der Waals surface area contributed by atoms with Crippen LogP contribution in [0.25, 0.3) is 0 Å². The molecule has 0 saturated carbocycles. The number of carbonyl (C=O) groups is 1. The van der Waals surface area contributed by atoms with Gasteiger partial charge in [0.15, 0.2) is 0 Å². The van der Waals surface area contributed by atoms with Crippen molar-refractivity contribution in [1.82, 2.24) is 10.2 Å². The van der Waals surface area contributed by atoms with Crippen LogP contribution in [0.15, 0.2) is 24.3 Å². The Kier molecular flexibility index (Phi) is 3.19. The summed E-state index contributed by atoms with van der Waals surface area (Å²) in [5, 5.41) is 3.26. The molecule has 2 rings (SSSR count). The summed E-state index contributed by atoms with van der Waals surface area (Å²) in [5.41, 5.74) is 0.425. The number of benzene rings is 1. The second-order valence-electron chi connectivity index (χ2n) is 4.12. The Labute approximate surface area is 94.3 Å². The lowest BCUT2D eigenvalue weighted by atomic mass is 10.1. The van der Waals surface area contributed by atoms with Crippen LogP contribution in [0.4, 0.5) is 4.39 Å². The molecule has 0 aliphatic carbocycles. The van der Waals surface area contributed by atoms with Gasteiger partial charge in [-0.15, -0.1) is 0 Å². The molecule has 1 aliphatic rings. The molecule has 4 heteroatoms. The predicted molar refractivity (Wildman–Crippen MR) is 59.8 cm³/mol. The minimum absolute atomic E-state index is 0.0900. The monoisotopic (exact) mass is 222 g/mol. The Morgan fingerprint density at radius 2 is 2.38 bits per heavy atom. The lowest BCUT2D eigenvalue weighted by Crippen LogP contribution is -2.51. The van der Waals surface area contributed by atoms with Crippen LogP contribution >= 0.6 is 0 Å². The minimum atomic E-state index is -0.367. The van der Waals surface area contributed by atoms with Crippen molar-refractivity contribution in [3.8, 4) is 0 Å². The topological polar surface area (TPSA) is 32.3 Å². The van der Waals surface area contributed by atoms with E-state index in [0.717, 1.165) is 6.54 Å². The second kappa shape index (κ2) is 4.61. The molecule has 3 nitrogen and oxygen atoms in total. The maximum Gasteiger partial charge on any atom is 0.254 e. The molecule has 1 fully saturated rings. The molecule has 1 N–H and O–H groups in total. The molecule has 1 aliphatic heterocycles. The maximum absolute atomic E-state index is 13.0. The van der Waals surface area contributed by atoms with Crippen molar-refractivity contribution in [1.29, 1.82) is 0 Å². The van der Waals surface area contributed by atoms with E-state index in [9.17, 15) is 9.18 Å². The number of piperazine rings is 1. The molecule has 0 radical (unpaired) electrons. The SMILES string of the molecule is C[C@H]1CN(C(=O)c2cccc(F)c2)CCN1. The summed E-state index contributed by atoms with van der Waals surface area (Å²) < 4.78 is 13.0. The number of amides is 1. The Hall–Kier alpha value is -1.42. The van der Waals surface area contributed by atoms with E-state index in [4.69, 9.17) is 0 Å². The van der Waals surface area contributed by atoms with Crippen molar-refractivity contribution < 1.29 is 9.18 Å². The number of carbonyl (C=O) groups excluding carboxylic acids is 1. The molecule has 1 aromatic rings. The molecule has 0 bridgehead atoms. The summed E-state index contributed by atoms with van der Waals surface area (Å²) in [5.74, 6) is -0.457. The average molecular weight is 222 g/mol. The van der Waals surface area contributed by atoms with E-state index in [2.05, 4.69) is 5.32 Å². The largest absolute Gasteiger partial charge is 0.336 e. The number of nitrogens with one attached hydrogen (secondary N) is 1. The Morgan fingerprint density at radius 3 is 3.06 bits per heavy atom. The first-order valence-electron chi connectivity index (χ1n) is 5.45. The van der Waals surface area contributed by atoms with Gasteiger partial charge in [-0.2, -0.15) is 0 Å². The highest BCUT2D eigenvalue weighted by Gasteiger charge is 2.21. The van der Waals surface area contributed by atoms with Crippen LogP contribution in [-0.2, 0) is 0 Å². The van der Waals surface area contributed by atoms with Crippen molar-refractivity contribution in [3.63, 3.8) is 0 Å². The Morgan fingerprint density at radius 1 is 1.56 bits per heavy atom. The van der Waals surface area contributed by atoms with E-state index < -0.39 is 0 Å².